The van der Waals surface area contributed by atoms with Crippen LogP contribution in [0.5, 0.6) is 0 Å². The minimum atomic E-state index is -0.0574. The quantitative estimate of drug-likeness (QED) is 0.788. The second-order valence-corrected chi connectivity index (χ2v) is 5.01. The van der Waals surface area contributed by atoms with Gasteiger partial charge >= 0.3 is 0 Å². The van der Waals surface area contributed by atoms with E-state index in [9.17, 15) is 4.79 Å². The zero-order chi connectivity index (χ0) is 11.0. The van der Waals surface area contributed by atoms with Gasteiger partial charge in [-0.2, -0.15) is 0 Å². The number of hydrogen-bond acceptors (Lipinski definition) is 3. The predicted octanol–water partition coefficient (Wildman–Crippen LogP) is 1.06. The highest BCUT2D eigenvalue weighted by Crippen LogP contribution is 2.23. The van der Waals surface area contributed by atoms with Crippen molar-refractivity contribution in [1.29, 1.82) is 0 Å². The van der Waals surface area contributed by atoms with Gasteiger partial charge in [-0.05, 0) is 41.1 Å². The topological polar surface area (TPSA) is 59.2 Å². The van der Waals surface area contributed by atoms with Gasteiger partial charge in [0.2, 0.25) is 5.91 Å². The number of nitrogens with two attached hydrogens (primary N) is 1. The zero-order valence-corrected chi connectivity index (χ0v) is 10.6. The second kappa shape index (κ2) is 4.05. The van der Waals surface area contributed by atoms with Gasteiger partial charge in [-0.25, -0.2) is 4.98 Å². The molecule has 0 bridgehead atoms. The lowest BCUT2D eigenvalue weighted by atomic mass is 10.3. The van der Waals surface area contributed by atoms with Crippen molar-refractivity contribution >= 4 is 34.3 Å². The van der Waals surface area contributed by atoms with E-state index in [1.165, 1.54) is 0 Å². The lowest BCUT2D eigenvalue weighted by Crippen LogP contribution is -2.29. The van der Waals surface area contributed by atoms with Gasteiger partial charge in [0.15, 0.2) is 0 Å². The predicted molar refractivity (Wildman–Crippen MR) is 66.6 cm³/mol. The van der Waals surface area contributed by atoms with E-state index in [0.717, 1.165) is 15.0 Å². The monoisotopic (exact) mass is 317 g/mol. The maximum atomic E-state index is 11.6. The van der Waals surface area contributed by atoms with Gasteiger partial charge in [0, 0.05) is 28.8 Å². The van der Waals surface area contributed by atoms with E-state index in [-0.39, 0.29) is 11.9 Å². The normalized spacial score (nSPS) is 21.1. The van der Waals surface area contributed by atoms with Crippen LogP contribution in [-0.2, 0) is 4.79 Å². The number of amides is 1. The van der Waals surface area contributed by atoms with E-state index >= 15 is 0 Å². The molecule has 0 aliphatic carbocycles. The van der Waals surface area contributed by atoms with Crippen molar-refractivity contribution in [3.8, 4) is 0 Å². The van der Waals surface area contributed by atoms with Crippen molar-refractivity contribution in [3.05, 3.63) is 21.4 Å². The molecule has 1 fully saturated rings. The third-order valence-corrected chi connectivity index (χ3v) is 3.02. The summed E-state index contributed by atoms with van der Waals surface area (Å²) in [7, 11) is 0. The first-order valence-corrected chi connectivity index (χ1v) is 5.84. The number of aryl methyl sites for hydroxylation is 1. The molecule has 15 heavy (non-hydrogen) atoms. The summed E-state index contributed by atoms with van der Waals surface area (Å²) < 4.78 is 1.07. The van der Waals surface area contributed by atoms with E-state index in [2.05, 4.69) is 27.6 Å². The number of anilines is 1. The fourth-order valence-electron chi connectivity index (χ4n) is 1.76. The van der Waals surface area contributed by atoms with E-state index in [1.54, 1.807) is 11.1 Å². The van der Waals surface area contributed by atoms with Crippen molar-refractivity contribution in [2.24, 2.45) is 5.73 Å². The summed E-state index contributed by atoms with van der Waals surface area (Å²) in [6, 6.07) is 1.96. The molecule has 1 unspecified atom stereocenters. The van der Waals surface area contributed by atoms with Gasteiger partial charge in [0.1, 0.15) is 5.82 Å². The smallest absolute Gasteiger partial charge is 0.229 e. The van der Waals surface area contributed by atoms with Crippen molar-refractivity contribution in [2.75, 3.05) is 11.4 Å². The molecule has 2 rings (SSSR count). The largest absolute Gasteiger partial charge is 0.326 e. The number of halogens is 1. The molecule has 1 aliphatic heterocycles. The Morgan fingerprint density at radius 3 is 2.93 bits per heavy atom. The summed E-state index contributed by atoms with van der Waals surface area (Å²) >= 11 is 2.20. The molecule has 1 saturated heterocycles. The number of rotatable bonds is 1. The summed E-state index contributed by atoms with van der Waals surface area (Å²) in [6.07, 6.45) is 2.19. The highest BCUT2D eigenvalue weighted by molar-refractivity contribution is 14.1. The molecule has 0 saturated carbocycles. The van der Waals surface area contributed by atoms with E-state index < -0.39 is 0 Å². The standard InChI is InChI=1S/C10H12IN3O/c1-6-2-7(11)4-13-10(6)14-5-8(12)3-9(14)15/h2,4,8H,3,5,12H2,1H3. The van der Waals surface area contributed by atoms with Crippen molar-refractivity contribution in [3.63, 3.8) is 0 Å². The molecule has 2 N–H and O–H groups in total. The van der Waals surface area contributed by atoms with Crippen molar-refractivity contribution < 1.29 is 4.79 Å². The summed E-state index contributed by atoms with van der Waals surface area (Å²) in [5, 5.41) is 0. The Bertz CT molecular complexity index is 408. The first-order valence-electron chi connectivity index (χ1n) is 4.76. The molecular formula is C10H12IN3O. The van der Waals surface area contributed by atoms with Crippen LogP contribution in [0.4, 0.5) is 5.82 Å². The van der Waals surface area contributed by atoms with Gasteiger partial charge in [0.05, 0.1) is 0 Å². The highest BCUT2D eigenvalue weighted by Gasteiger charge is 2.29. The van der Waals surface area contributed by atoms with E-state index in [0.29, 0.717) is 13.0 Å². The van der Waals surface area contributed by atoms with Gasteiger partial charge in [-0.3, -0.25) is 9.69 Å². The molecule has 1 aromatic rings. The van der Waals surface area contributed by atoms with Crippen LogP contribution in [0.1, 0.15) is 12.0 Å². The number of nitrogens with zero attached hydrogens (tertiary/aromatic N) is 2. The van der Waals surface area contributed by atoms with Gasteiger partial charge in [-0.1, -0.05) is 0 Å². The summed E-state index contributed by atoms with van der Waals surface area (Å²) in [6.45, 7) is 2.54. The Kier molecular flexibility index (Phi) is 2.92. The molecular weight excluding hydrogens is 305 g/mol. The number of carbonyl (C=O) groups is 1. The Morgan fingerprint density at radius 1 is 1.67 bits per heavy atom. The summed E-state index contributed by atoms with van der Waals surface area (Å²) in [4.78, 5) is 17.6. The van der Waals surface area contributed by atoms with Crippen LogP contribution in [-0.4, -0.2) is 23.5 Å². The van der Waals surface area contributed by atoms with Crippen molar-refractivity contribution in [2.45, 2.75) is 19.4 Å². The van der Waals surface area contributed by atoms with Crippen LogP contribution < -0.4 is 10.6 Å². The molecule has 1 atom stereocenters. The molecule has 1 aromatic heterocycles. The van der Waals surface area contributed by atoms with Gasteiger partial charge < -0.3 is 5.73 Å². The molecule has 1 aliphatic rings. The Hall–Kier alpha value is -0.690. The highest BCUT2D eigenvalue weighted by atomic mass is 127. The number of pyridine rings is 1. The lowest BCUT2D eigenvalue weighted by molar-refractivity contribution is -0.117. The van der Waals surface area contributed by atoms with E-state index in [1.807, 2.05) is 13.0 Å². The Balaban J connectivity index is 2.34. The third-order valence-electron chi connectivity index (χ3n) is 2.43. The summed E-state index contributed by atoms with van der Waals surface area (Å²) in [5.74, 6) is 0.813. The van der Waals surface area contributed by atoms with Crippen LogP contribution in [0.3, 0.4) is 0 Å². The van der Waals surface area contributed by atoms with Crippen LogP contribution in [0, 0.1) is 10.5 Å². The van der Waals surface area contributed by atoms with E-state index in [4.69, 9.17) is 5.73 Å². The third kappa shape index (κ3) is 2.12. The Morgan fingerprint density at radius 2 is 2.40 bits per heavy atom. The molecule has 1 amide bonds. The molecule has 80 valence electrons. The molecule has 2 heterocycles. The zero-order valence-electron chi connectivity index (χ0n) is 8.40. The fraction of sp³-hybridized carbons (Fsp3) is 0.400. The number of hydrogen-bond donors (Lipinski definition) is 1. The SMILES string of the molecule is Cc1cc(I)cnc1N1CC(N)CC1=O. The number of carbonyl (C=O) groups excluding carboxylic acids is 1. The maximum Gasteiger partial charge on any atom is 0.229 e. The van der Waals surface area contributed by atoms with Crippen LogP contribution in [0.15, 0.2) is 12.3 Å². The molecule has 5 heteroatoms. The Labute approximate surface area is 102 Å². The molecule has 4 nitrogen and oxygen atoms in total. The maximum absolute atomic E-state index is 11.6. The molecule has 0 radical (unpaired) electrons. The van der Waals surface area contributed by atoms with Crippen molar-refractivity contribution in [1.82, 2.24) is 4.98 Å². The van der Waals surface area contributed by atoms with Crippen LogP contribution >= 0.6 is 22.6 Å². The average Bonchev–Trinajstić information content (AvgIpc) is 2.45. The van der Waals surface area contributed by atoms with Gasteiger partial charge in [0.25, 0.3) is 0 Å². The fourth-order valence-corrected chi connectivity index (χ4v) is 2.36. The molecule has 0 aromatic carbocycles. The van der Waals surface area contributed by atoms with Gasteiger partial charge in [-0.15, -0.1) is 0 Å². The molecule has 0 spiro atoms. The van der Waals surface area contributed by atoms with Crippen LogP contribution in [0.2, 0.25) is 0 Å². The minimum Gasteiger partial charge on any atom is -0.326 e. The number of aromatic nitrogens is 1. The summed E-state index contributed by atoms with van der Waals surface area (Å²) in [5.41, 5.74) is 6.76. The van der Waals surface area contributed by atoms with Crippen LogP contribution in [0.25, 0.3) is 0 Å². The second-order valence-electron chi connectivity index (χ2n) is 3.76. The first kappa shape index (κ1) is 10.8. The minimum absolute atomic E-state index is 0.0574. The first-order chi connectivity index (χ1) is 7.08. The lowest BCUT2D eigenvalue weighted by Gasteiger charge is -2.17. The average molecular weight is 317 g/mol.